The van der Waals surface area contributed by atoms with Crippen LogP contribution < -0.4 is 4.74 Å². The first-order valence-electron chi connectivity index (χ1n) is 11.7. The van der Waals surface area contributed by atoms with Crippen molar-refractivity contribution in [1.29, 1.82) is 0 Å². The third-order valence-corrected chi connectivity index (χ3v) is 9.26. The van der Waals surface area contributed by atoms with Crippen molar-refractivity contribution in [2.75, 3.05) is 19.7 Å². The molecule has 2 fully saturated rings. The average molecular weight is 524 g/mol. The number of benzene rings is 2. The lowest BCUT2D eigenvalue weighted by atomic mass is 10.2. The van der Waals surface area contributed by atoms with Crippen molar-refractivity contribution < 1.29 is 26.7 Å². The number of sulfonamides is 1. The van der Waals surface area contributed by atoms with Crippen LogP contribution in [0.25, 0.3) is 11.0 Å². The molecule has 2 aliphatic heterocycles. The molecule has 3 heterocycles. The van der Waals surface area contributed by atoms with Gasteiger partial charge in [0.1, 0.15) is 5.75 Å². The van der Waals surface area contributed by atoms with Crippen molar-refractivity contribution in [3.63, 3.8) is 0 Å². The normalized spacial score (nSPS) is 19.2. The van der Waals surface area contributed by atoms with Crippen molar-refractivity contribution in [2.24, 2.45) is 0 Å². The molecule has 2 aliphatic rings. The van der Waals surface area contributed by atoms with Gasteiger partial charge in [0.05, 0.1) is 28.6 Å². The Morgan fingerprint density at radius 2 is 1.94 bits per heavy atom. The van der Waals surface area contributed by atoms with Gasteiger partial charge in [0, 0.05) is 31.0 Å². The number of hydrogen-bond donors (Lipinski definition) is 0. The highest BCUT2D eigenvalue weighted by molar-refractivity contribution is 7.98. The summed E-state index contributed by atoms with van der Waals surface area (Å²) < 4.78 is 65.9. The van der Waals surface area contributed by atoms with Crippen LogP contribution in [0.2, 0.25) is 0 Å². The monoisotopic (exact) mass is 523 g/mol. The number of aromatic nitrogens is 2. The summed E-state index contributed by atoms with van der Waals surface area (Å²) >= 11 is 1.40. The molecular formula is C24H27F2N3O4S2. The van der Waals surface area contributed by atoms with Gasteiger partial charge in [-0.15, -0.1) is 0 Å². The minimum absolute atomic E-state index is 0.0502. The standard InChI is InChI=1S/C24H27F2N3O4S2/c25-23(26)33-22-8-2-1-6-17(22)16-34-24-27-20-14-19(35(30,31)28-11-3-4-12-28)9-10-21(20)29(24)15-18-7-5-13-32-18/h1-2,6,8-10,14,18,23H,3-5,7,11-13,15-16H2/t18-/m0/s1. The van der Waals surface area contributed by atoms with Crippen LogP contribution in [0.15, 0.2) is 52.5 Å². The average Bonchev–Trinajstić information content (AvgIpc) is 3.60. The summed E-state index contributed by atoms with van der Waals surface area (Å²) in [6, 6.07) is 11.8. The number of imidazole rings is 1. The van der Waals surface area contributed by atoms with Gasteiger partial charge in [-0.1, -0.05) is 30.0 Å². The predicted octanol–water partition coefficient (Wildman–Crippen LogP) is 4.89. The van der Waals surface area contributed by atoms with Gasteiger partial charge in [0.25, 0.3) is 0 Å². The number of fused-ring (bicyclic) bond motifs is 1. The molecule has 0 amide bonds. The Kier molecular flexibility index (Phi) is 7.29. The second kappa shape index (κ2) is 10.4. The Hall–Kier alpha value is -2.21. The third kappa shape index (κ3) is 5.32. The molecule has 1 aromatic heterocycles. The molecule has 0 spiro atoms. The van der Waals surface area contributed by atoms with Gasteiger partial charge in [0.2, 0.25) is 10.0 Å². The van der Waals surface area contributed by atoms with Crippen LogP contribution in [-0.4, -0.2) is 54.7 Å². The molecule has 0 unspecified atom stereocenters. The molecule has 0 bridgehead atoms. The Bertz CT molecular complexity index is 1290. The topological polar surface area (TPSA) is 73.7 Å². The number of thioether (sulfide) groups is 1. The number of alkyl halides is 2. The lowest BCUT2D eigenvalue weighted by Crippen LogP contribution is -2.27. The summed E-state index contributed by atoms with van der Waals surface area (Å²) in [5.74, 6) is 0.507. The van der Waals surface area contributed by atoms with E-state index in [9.17, 15) is 17.2 Å². The number of nitrogens with zero attached hydrogens (tertiary/aromatic N) is 3. The van der Waals surface area contributed by atoms with Crippen LogP contribution in [0, 0.1) is 0 Å². The molecular weight excluding hydrogens is 496 g/mol. The molecule has 3 aromatic rings. The lowest BCUT2D eigenvalue weighted by molar-refractivity contribution is -0.0503. The Morgan fingerprint density at radius 3 is 2.69 bits per heavy atom. The maximum atomic E-state index is 13.1. The van der Waals surface area contributed by atoms with Gasteiger partial charge >= 0.3 is 6.61 Å². The molecule has 0 N–H and O–H groups in total. The van der Waals surface area contributed by atoms with Gasteiger partial charge in [0.15, 0.2) is 5.16 Å². The summed E-state index contributed by atoms with van der Waals surface area (Å²) in [6.45, 7) is -0.520. The van der Waals surface area contributed by atoms with E-state index in [4.69, 9.17) is 9.72 Å². The van der Waals surface area contributed by atoms with Crippen LogP contribution in [0.3, 0.4) is 0 Å². The fourth-order valence-electron chi connectivity index (χ4n) is 4.58. The minimum Gasteiger partial charge on any atom is -0.435 e. The van der Waals surface area contributed by atoms with Gasteiger partial charge < -0.3 is 14.0 Å². The number of halogens is 2. The molecule has 188 valence electrons. The van der Waals surface area contributed by atoms with E-state index in [-0.39, 0.29) is 16.7 Å². The SMILES string of the molecule is O=S(=O)(c1ccc2c(c1)nc(SCc1ccccc1OC(F)F)n2C[C@@H]1CCCO1)N1CCCC1. The molecule has 2 saturated heterocycles. The summed E-state index contributed by atoms with van der Waals surface area (Å²) in [5.41, 5.74) is 2.04. The van der Waals surface area contributed by atoms with Gasteiger partial charge in [-0.2, -0.15) is 13.1 Å². The fourth-order valence-corrected chi connectivity index (χ4v) is 7.13. The highest BCUT2D eigenvalue weighted by Crippen LogP contribution is 2.33. The van der Waals surface area contributed by atoms with Gasteiger partial charge in [-0.05, 0) is 49.9 Å². The van der Waals surface area contributed by atoms with Crippen LogP contribution in [0.1, 0.15) is 31.2 Å². The van der Waals surface area contributed by atoms with E-state index in [0.29, 0.717) is 41.6 Å². The maximum absolute atomic E-state index is 13.1. The van der Waals surface area contributed by atoms with Crippen molar-refractivity contribution in [1.82, 2.24) is 13.9 Å². The summed E-state index contributed by atoms with van der Waals surface area (Å²) in [7, 11) is -3.56. The highest BCUT2D eigenvalue weighted by Gasteiger charge is 2.28. The van der Waals surface area contributed by atoms with E-state index in [1.54, 1.807) is 36.4 Å². The molecule has 35 heavy (non-hydrogen) atoms. The van der Waals surface area contributed by atoms with E-state index in [1.165, 1.54) is 22.1 Å². The smallest absolute Gasteiger partial charge is 0.387 e. The van der Waals surface area contributed by atoms with Crippen molar-refractivity contribution in [2.45, 2.75) is 60.7 Å². The maximum Gasteiger partial charge on any atom is 0.387 e. The second-order valence-corrected chi connectivity index (χ2v) is 11.6. The van der Waals surface area contributed by atoms with Gasteiger partial charge in [-0.3, -0.25) is 0 Å². The zero-order valence-electron chi connectivity index (χ0n) is 19.1. The van der Waals surface area contributed by atoms with Crippen LogP contribution in [-0.2, 0) is 27.1 Å². The highest BCUT2D eigenvalue weighted by atomic mass is 32.2. The molecule has 2 aromatic carbocycles. The molecule has 1 atom stereocenters. The first-order chi connectivity index (χ1) is 16.9. The zero-order valence-corrected chi connectivity index (χ0v) is 20.7. The van der Waals surface area contributed by atoms with E-state index in [1.807, 2.05) is 4.57 Å². The summed E-state index contributed by atoms with van der Waals surface area (Å²) in [4.78, 5) is 5.00. The Balaban J connectivity index is 1.47. The third-order valence-electron chi connectivity index (χ3n) is 6.34. The second-order valence-electron chi connectivity index (χ2n) is 8.68. The Labute approximate surface area is 207 Å². The van der Waals surface area contributed by atoms with Crippen LogP contribution in [0.4, 0.5) is 8.78 Å². The molecule has 11 heteroatoms. The van der Waals surface area contributed by atoms with Crippen molar-refractivity contribution >= 4 is 32.8 Å². The van der Waals surface area contributed by atoms with E-state index in [0.717, 1.165) is 37.8 Å². The number of para-hydroxylation sites is 1. The van der Waals surface area contributed by atoms with E-state index in [2.05, 4.69) is 4.74 Å². The quantitative estimate of drug-likeness (QED) is 0.372. The first-order valence-corrected chi connectivity index (χ1v) is 14.1. The van der Waals surface area contributed by atoms with Crippen LogP contribution in [0.5, 0.6) is 5.75 Å². The minimum atomic E-state index is -3.56. The largest absolute Gasteiger partial charge is 0.435 e. The predicted molar refractivity (Wildman–Crippen MR) is 129 cm³/mol. The molecule has 7 nitrogen and oxygen atoms in total. The van der Waals surface area contributed by atoms with Crippen molar-refractivity contribution in [3.8, 4) is 5.75 Å². The molecule has 0 radical (unpaired) electrons. The zero-order chi connectivity index (χ0) is 24.4. The van der Waals surface area contributed by atoms with E-state index < -0.39 is 16.6 Å². The lowest BCUT2D eigenvalue weighted by Gasteiger charge is -2.16. The molecule has 5 rings (SSSR count). The van der Waals surface area contributed by atoms with Gasteiger partial charge in [-0.25, -0.2) is 13.4 Å². The first kappa shape index (κ1) is 24.5. The number of ether oxygens (including phenoxy) is 2. The summed E-state index contributed by atoms with van der Waals surface area (Å²) in [6.07, 6.45) is 3.73. The fraction of sp³-hybridized carbons (Fsp3) is 0.458. The number of rotatable bonds is 9. The van der Waals surface area contributed by atoms with E-state index >= 15 is 0 Å². The summed E-state index contributed by atoms with van der Waals surface area (Å²) in [5, 5.41) is 0.679. The van der Waals surface area contributed by atoms with Crippen molar-refractivity contribution in [3.05, 3.63) is 48.0 Å². The molecule has 0 aliphatic carbocycles. The van der Waals surface area contributed by atoms with Crippen LogP contribution >= 0.6 is 11.8 Å². The number of hydrogen-bond acceptors (Lipinski definition) is 6. The molecule has 0 saturated carbocycles. The Morgan fingerprint density at radius 1 is 1.14 bits per heavy atom.